The van der Waals surface area contributed by atoms with Gasteiger partial charge in [0.05, 0.1) is 6.07 Å². The summed E-state index contributed by atoms with van der Waals surface area (Å²) in [4.78, 5) is 8.36. The van der Waals surface area contributed by atoms with Crippen LogP contribution in [0.15, 0.2) is 21.6 Å². The molecular weight excluding hydrogens is 190 g/mol. The quantitative estimate of drug-likeness (QED) is 0.647. The molecule has 0 aromatic carbocycles. The van der Waals surface area contributed by atoms with E-state index >= 15 is 0 Å². The molecule has 0 N–H and O–H groups in total. The highest BCUT2D eigenvalue weighted by Gasteiger charge is 2.33. The van der Waals surface area contributed by atoms with E-state index in [0.29, 0.717) is 23.9 Å². The molecule has 1 aromatic heterocycles. The van der Waals surface area contributed by atoms with Gasteiger partial charge in [0.2, 0.25) is 5.88 Å². The van der Waals surface area contributed by atoms with Crippen molar-refractivity contribution >= 4 is 12.1 Å². The van der Waals surface area contributed by atoms with Crippen molar-refractivity contribution in [2.45, 2.75) is 25.7 Å². The first-order chi connectivity index (χ1) is 7.15. The van der Waals surface area contributed by atoms with Gasteiger partial charge in [-0.05, 0) is 19.4 Å². The number of rotatable bonds is 0. The van der Waals surface area contributed by atoms with E-state index in [4.69, 9.17) is 4.42 Å². The SMILES string of the molecule is Cc1nc2c(o1)/N=C\C=C/CC2(C)C#N. The average molecular weight is 201 g/mol. The fourth-order valence-corrected chi connectivity index (χ4v) is 1.53. The molecule has 4 nitrogen and oxygen atoms in total. The molecule has 2 rings (SSSR count). The highest BCUT2D eigenvalue weighted by molar-refractivity contribution is 5.74. The lowest BCUT2D eigenvalue weighted by Crippen LogP contribution is -2.19. The van der Waals surface area contributed by atoms with Gasteiger partial charge in [-0.25, -0.2) is 9.98 Å². The Labute approximate surface area is 88.0 Å². The van der Waals surface area contributed by atoms with Gasteiger partial charge in [-0.15, -0.1) is 0 Å². The molecule has 0 radical (unpaired) electrons. The molecule has 76 valence electrons. The van der Waals surface area contributed by atoms with Crippen LogP contribution < -0.4 is 0 Å². The number of hydrogen-bond acceptors (Lipinski definition) is 4. The van der Waals surface area contributed by atoms with Gasteiger partial charge >= 0.3 is 0 Å². The molecule has 1 aliphatic heterocycles. The Morgan fingerprint density at radius 1 is 1.60 bits per heavy atom. The maximum absolute atomic E-state index is 9.21. The minimum atomic E-state index is -0.651. The Kier molecular flexibility index (Phi) is 2.16. The fraction of sp³-hybridized carbons (Fsp3) is 0.364. The standard InChI is InChI=1S/C11H11N3O/c1-8-14-9-10(15-8)13-6-4-3-5-11(9,2)7-12/h3-4,6H,5H2,1-2H3/b4-3-,13-6-. The number of allylic oxidation sites excluding steroid dienone is 2. The molecule has 0 spiro atoms. The number of nitrogens with zero attached hydrogens (tertiary/aromatic N) is 3. The van der Waals surface area contributed by atoms with E-state index < -0.39 is 5.41 Å². The van der Waals surface area contributed by atoms with E-state index in [1.807, 2.05) is 19.1 Å². The van der Waals surface area contributed by atoms with Crippen molar-refractivity contribution in [2.75, 3.05) is 0 Å². The summed E-state index contributed by atoms with van der Waals surface area (Å²) in [5, 5.41) is 9.21. The van der Waals surface area contributed by atoms with Gasteiger partial charge in [0, 0.05) is 13.1 Å². The van der Waals surface area contributed by atoms with Crippen LogP contribution >= 0.6 is 0 Å². The summed E-state index contributed by atoms with van der Waals surface area (Å²) >= 11 is 0. The Morgan fingerprint density at radius 2 is 2.40 bits per heavy atom. The minimum absolute atomic E-state index is 0.445. The van der Waals surface area contributed by atoms with Crippen molar-refractivity contribution < 1.29 is 4.42 Å². The third kappa shape index (κ3) is 1.57. The average Bonchev–Trinajstić information content (AvgIpc) is 2.57. The first kappa shape index (κ1) is 9.66. The summed E-state index contributed by atoms with van der Waals surface area (Å²) in [7, 11) is 0. The lowest BCUT2D eigenvalue weighted by Gasteiger charge is -2.17. The predicted molar refractivity (Wildman–Crippen MR) is 56.1 cm³/mol. The topological polar surface area (TPSA) is 62.2 Å². The van der Waals surface area contributed by atoms with E-state index in [0.717, 1.165) is 0 Å². The van der Waals surface area contributed by atoms with Gasteiger partial charge in [0.15, 0.2) is 5.89 Å². The number of aliphatic imine (C=N–C) groups is 1. The molecule has 0 bridgehead atoms. The van der Waals surface area contributed by atoms with Crippen LogP contribution in [0, 0.1) is 18.3 Å². The number of oxazole rings is 1. The first-order valence-electron chi connectivity index (χ1n) is 4.74. The zero-order chi connectivity index (χ0) is 10.9. The Balaban J connectivity index is 2.62. The van der Waals surface area contributed by atoms with E-state index in [9.17, 15) is 5.26 Å². The molecule has 15 heavy (non-hydrogen) atoms. The molecule has 4 heteroatoms. The third-order valence-corrected chi connectivity index (χ3v) is 2.43. The number of fused-ring (bicyclic) bond motifs is 1. The van der Waals surface area contributed by atoms with Crippen LogP contribution in [-0.4, -0.2) is 11.2 Å². The monoisotopic (exact) mass is 201 g/mol. The number of aromatic nitrogens is 1. The molecule has 0 fully saturated rings. The van der Waals surface area contributed by atoms with E-state index in [1.165, 1.54) is 0 Å². The summed E-state index contributed by atoms with van der Waals surface area (Å²) in [6.45, 7) is 3.60. The molecule has 1 unspecified atom stereocenters. The van der Waals surface area contributed by atoms with Crippen LogP contribution in [-0.2, 0) is 5.41 Å². The predicted octanol–water partition coefficient (Wildman–Crippen LogP) is 2.43. The van der Waals surface area contributed by atoms with Gasteiger partial charge in [0.25, 0.3) is 0 Å². The Hall–Kier alpha value is -1.89. The normalized spacial score (nSPS) is 28.3. The third-order valence-electron chi connectivity index (χ3n) is 2.43. The zero-order valence-corrected chi connectivity index (χ0v) is 8.69. The largest absolute Gasteiger partial charge is 0.423 e. The lowest BCUT2D eigenvalue weighted by atomic mass is 9.84. The van der Waals surface area contributed by atoms with Crippen LogP contribution in [0.3, 0.4) is 0 Å². The fourth-order valence-electron chi connectivity index (χ4n) is 1.53. The van der Waals surface area contributed by atoms with Gasteiger partial charge in [-0.2, -0.15) is 5.26 Å². The molecular formula is C11H11N3O. The molecule has 2 heterocycles. The zero-order valence-electron chi connectivity index (χ0n) is 8.69. The second-order valence-corrected chi connectivity index (χ2v) is 3.74. The van der Waals surface area contributed by atoms with Crippen molar-refractivity contribution in [1.29, 1.82) is 5.26 Å². The Bertz CT molecular complexity index is 479. The van der Waals surface area contributed by atoms with E-state index in [1.54, 1.807) is 13.1 Å². The first-order valence-corrected chi connectivity index (χ1v) is 4.74. The van der Waals surface area contributed by atoms with Crippen molar-refractivity contribution in [1.82, 2.24) is 4.98 Å². The Morgan fingerprint density at radius 3 is 3.13 bits per heavy atom. The minimum Gasteiger partial charge on any atom is -0.423 e. The second kappa shape index (κ2) is 3.35. The molecule has 1 aliphatic rings. The van der Waals surface area contributed by atoms with Crippen molar-refractivity contribution in [3.05, 3.63) is 23.7 Å². The summed E-state index contributed by atoms with van der Waals surface area (Å²) in [6.07, 6.45) is 6.00. The maximum Gasteiger partial charge on any atom is 0.244 e. The molecule has 0 saturated carbocycles. The molecule has 1 atom stereocenters. The number of nitriles is 1. The number of aryl methyl sites for hydroxylation is 1. The molecule has 1 aromatic rings. The molecule has 0 amide bonds. The maximum atomic E-state index is 9.21. The van der Waals surface area contributed by atoms with E-state index in [-0.39, 0.29) is 0 Å². The highest BCUT2D eigenvalue weighted by atomic mass is 16.4. The smallest absolute Gasteiger partial charge is 0.244 e. The highest BCUT2D eigenvalue weighted by Crippen LogP contribution is 2.35. The van der Waals surface area contributed by atoms with Gasteiger partial charge in [0.1, 0.15) is 11.1 Å². The van der Waals surface area contributed by atoms with Gasteiger partial charge < -0.3 is 4.42 Å². The van der Waals surface area contributed by atoms with Gasteiger partial charge in [-0.3, -0.25) is 0 Å². The van der Waals surface area contributed by atoms with Gasteiger partial charge in [-0.1, -0.05) is 6.08 Å². The summed E-state index contributed by atoms with van der Waals surface area (Å²) in [5.74, 6) is 0.987. The molecule has 0 aliphatic carbocycles. The van der Waals surface area contributed by atoms with Crippen LogP contribution in [0.1, 0.15) is 24.9 Å². The van der Waals surface area contributed by atoms with Crippen molar-refractivity contribution in [3.8, 4) is 6.07 Å². The summed E-state index contributed by atoms with van der Waals surface area (Å²) in [6, 6.07) is 2.27. The number of hydrogen-bond donors (Lipinski definition) is 0. The molecule has 0 saturated heterocycles. The second-order valence-electron chi connectivity index (χ2n) is 3.74. The van der Waals surface area contributed by atoms with Crippen LogP contribution in [0.25, 0.3) is 0 Å². The van der Waals surface area contributed by atoms with Crippen molar-refractivity contribution in [2.24, 2.45) is 4.99 Å². The van der Waals surface area contributed by atoms with Crippen molar-refractivity contribution in [3.63, 3.8) is 0 Å². The van der Waals surface area contributed by atoms with Crippen LogP contribution in [0.4, 0.5) is 5.88 Å². The summed E-state index contributed by atoms with van der Waals surface area (Å²) in [5.41, 5.74) is -0.0236. The van der Waals surface area contributed by atoms with E-state index in [2.05, 4.69) is 16.0 Å². The lowest BCUT2D eigenvalue weighted by molar-refractivity contribution is 0.527. The van der Waals surface area contributed by atoms with Crippen LogP contribution in [0.2, 0.25) is 0 Å². The summed E-state index contributed by atoms with van der Waals surface area (Å²) < 4.78 is 5.34. The van der Waals surface area contributed by atoms with Crippen LogP contribution in [0.5, 0.6) is 0 Å².